The lowest BCUT2D eigenvalue weighted by molar-refractivity contribution is -0.159. The molecule has 2 aliphatic rings. The lowest BCUT2D eigenvalue weighted by Crippen LogP contribution is -2.23. The van der Waals surface area contributed by atoms with Gasteiger partial charge in [-0.05, 0) is 109 Å². The molecule has 0 saturated heterocycles. The predicted octanol–water partition coefficient (Wildman–Crippen LogP) is 5.46. The van der Waals surface area contributed by atoms with Crippen LogP contribution in [-0.4, -0.2) is 71.6 Å². The fourth-order valence-electron chi connectivity index (χ4n) is 7.29. The number of fused-ring (bicyclic) bond motifs is 6. The summed E-state index contributed by atoms with van der Waals surface area (Å²) in [5.41, 5.74) is 21.2. The summed E-state index contributed by atoms with van der Waals surface area (Å²) in [6, 6.07) is 18.7. The zero-order chi connectivity index (χ0) is 43.7. The predicted molar refractivity (Wildman–Crippen MR) is 222 cm³/mol. The molecule has 4 aromatic heterocycles. The Kier molecular flexibility index (Phi) is 15.7. The van der Waals surface area contributed by atoms with Crippen LogP contribution >= 0.6 is 0 Å². The van der Waals surface area contributed by atoms with Gasteiger partial charge < -0.3 is 66.8 Å². The molecule has 2 aromatic carbocycles. The number of aromatic amines is 2. The van der Waals surface area contributed by atoms with Crippen LogP contribution in [0.2, 0.25) is 0 Å². The molecule has 0 saturated carbocycles. The third-order valence-electron chi connectivity index (χ3n) is 10.3. The van der Waals surface area contributed by atoms with Gasteiger partial charge in [-0.2, -0.15) is 0 Å². The number of hydrogen-bond acceptors (Lipinski definition) is 10. The van der Waals surface area contributed by atoms with Crippen molar-refractivity contribution >= 4 is 68.9 Å². The molecule has 2 amide bonds. The summed E-state index contributed by atoms with van der Waals surface area (Å²) >= 11 is 0. The number of carbonyl (C=O) groups is 6. The second-order valence-corrected chi connectivity index (χ2v) is 14.3. The van der Waals surface area contributed by atoms with E-state index in [4.69, 9.17) is 59.9 Å². The minimum absolute atomic E-state index is 0. The Morgan fingerprint density at radius 2 is 0.984 bits per heavy atom. The largest absolute Gasteiger partial charge is 0.473 e. The molecule has 0 bridgehead atoms. The molecule has 4 unspecified atom stereocenters. The number of furan rings is 2. The molecule has 8 rings (SSSR count). The van der Waals surface area contributed by atoms with Gasteiger partial charge in [-0.1, -0.05) is 26.7 Å². The van der Waals surface area contributed by atoms with Gasteiger partial charge in [0.25, 0.3) is 11.8 Å². The molecule has 19 heteroatoms. The Hall–Kier alpha value is -7.22. The molecule has 4 heterocycles. The quantitative estimate of drug-likeness (QED) is 0.0931. The Labute approximate surface area is 347 Å². The number of benzene rings is 2. The summed E-state index contributed by atoms with van der Waals surface area (Å²) < 4.78 is 10.3. The van der Waals surface area contributed by atoms with Gasteiger partial charge in [0.05, 0.1) is 12.5 Å². The summed E-state index contributed by atoms with van der Waals surface area (Å²) in [6.07, 6.45) is 9.38. The second kappa shape index (κ2) is 20.7. The van der Waals surface area contributed by atoms with Crippen LogP contribution in [0.3, 0.4) is 0 Å². The highest BCUT2D eigenvalue weighted by molar-refractivity contribution is 6.27. The maximum Gasteiger partial charge on any atom is 0.414 e. The van der Waals surface area contributed by atoms with E-state index in [9.17, 15) is 9.59 Å². The minimum atomic E-state index is -1.82. The van der Waals surface area contributed by atoms with Gasteiger partial charge in [-0.3, -0.25) is 9.59 Å². The molecule has 14 N–H and O–H groups in total. The van der Waals surface area contributed by atoms with E-state index in [1.54, 1.807) is 24.3 Å². The Morgan fingerprint density at radius 1 is 0.623 bits per heavy atom. The number of nitrogens with one attached hydrogen (secondary N) is 4. The van der Waals surface area contributed by atoms with Gasteiger partial charge in [-0.15, -0.1) is 0 Å². The molecular formula is C42H48N6O13. The molecule has 19 nitrogen and oxygen atoms in total. The first kappa shape index (κ1) is 46.5. The third-order valence-corrected chi connectivity index (χ3v) is 10.3. The molecule has 2 aliphatic carbocycles. The maximum atomic E-state index is 12.2. The maximum absolute atomic E-state index is 12.2. The van der Waals surface area contributed by atoms with E-state index in [0.717, 1.165) is 83.1 Å². The molecule has 6 aromatic rings. The van der Waals surface area contributed by atoms with E-state index in [1.165, 1.54) is 23.7 Å². The van der Waals surface area contributed by atoms with E-state index >= 15 is 0 Å². The average molecular weight is 845 g/mol. The van der Waals surface area contributed by atoms with Crippen LogP contribution in [-0.2, 0) is 32.0 Å². The number of H-pyrrole nitrogens is 2. The second-order valence-electron chi connectivity index (χ2n) is 14.3. The van der Waals surface area contributed by atoms with Crippen LogP contribution in [0.5, 0.6) is 0 Å². The standard InChI is InChI=1S/2C19H21N3O2.2C2H2O4.H2O/c2*1-2-11-8-14-13-10-12(21-19(23)17-4-3-7-24-17)5-6-16(13)22-18(14)15(20)9-11;2*3-1(4)2(5)6;/h2*3-7,10-11,15,22H,2,8-9,20H2,1H3,(H,21,23);2*(H,3,4)(H,5,6);1H2. The summed E-state index contributed by atoms with van der Waals surface area (Å²) in [7, 11) is 0. The highest BCUT2D eigenvalue weighted by Gasteiger charge is 2.28. The molecule has 4 atom stereocenters. The van der Waals surface area contributed by atoms with Crippen molar-refractivity contribution < 1.29 is 63.5 Å². The van der Waals surface area contributed by atoms with Gasteiger partial charge in [0.2, 0.25) is 0 Å². The van der Waals surface area contributed by atoms with E-state index < -0.39 is 23.9 Å². The molecule has 0 fully saturated rings. The van der Waals surface area contributed by atoms with E-state index in [0.29, 0.717) is 23.4 Å². The highest BCUT2D eigenvalue weighted by Crippen LogP contribution is 2.39. The van der Waals surface area contributed by atoms with E-state index in [-0.39, 0.29) is 29.4 Å². The molecular weight excluding hydrogens is 796 g/mol. The number of carbonyl (C=O) groups excluding carboxylic acids is 2. The van der Waals surface area contributed by atoms with Crippen LogP contribution in [0.1, 0.15) is 95.2 Å². The number of aromatic nitrogens is 2. The lowest BCUT2D eigenvalue weighted by atomic mass is 9.82. The van der Waals surface area contributed by atoms with Crippen molar-refractivity contribution in [1.82, 2.24) is 9.97 Å². The van der Waals surface area contributed by atoms with Gasteiger partial charge in [-0.25, -0.2) is 19.2 Å². The summed E-state index contributed by atoms with van der Waals surface area (Å²) in [6.45, 7) is 4.43. The Morgan fingerprint density at radius 3 is 1.28 bits per heavy atom. The minimum Gasteiger partial charge on any atom is -0.473 e. The first-order valence-electron chi connectivity index (χ1n) is 19.0. The van der Waals surface area contributed by atoms with Crippen LogP contribution in [0.4, 0.5) is 11.4 Å². The SMILES string of the molecule is CCC1Cc2c([nH]c3ccc(NC(=O)c4ccco4)cc23)C(N)C1.CCC1Cc2c([nH]c3ccc(NC(=O)c4ccco4)cc23)C(N)C1.O.O=C(O)C(=O)O.O=C(O)C(=O)O. The number of rotatable bonds is 6. The number of amides is 2. The van der Waals surface area contributed by atoms with E-state index in [1.807, 2.05) is 36.4 Å². The summed E-state index contributed by atoms with van der Waals surface area (Å²) in [4.78, 5) is 67.6. The molecule has 0 aliphatic heterocycles. The zero-order valence-corrected chi connectivity index (χ0v) is 33.2. The van der Waals surface area contributed by atoms with Gasteiger partial charge in [0.1, 0.15) is 0 Å². The smallest absolute Gasteiger partial charge is 0.414 e. The molecule has 0 radical (unpaired) electrons. The van der Waals surface area contributed by atoms with Gasteiger partial charge in [0, 0.05) is 56.7 Å². The first-order valence-corrected chi connectivity index (χ1v) is 19.0. The topological polar surface area (TPSA) is 349 Å². The van der Waals surface area contributed by atoms with Gasteiger partial charge in [0.15, 0.2) is 11.5 Å². The van der Waals surface area contributed by atoms with Crippen molar-refractivity contribution in [1.29, 1.82) is 0 Å². The van der Waals surface area contributed by atoms with Crippen LogP contribution in [0, 0.1) is 11.8 Å². The molecule has 324 valence electrons. The Balaban J connectivity index is 0.000000210. The summed E-state index contributed by atoms with van der Waals surface area (Å²) in [5.74, 6) is -5.94. The molecule has 61 heavy (non-hydrogen) atoms. The summed E-state index contributed by atoms with van der Waals surface area (Å²) in [5, 5.41) is 37.6. The van der Waals surface area contributed by atoms with Crippen molar-refractivity contribution in [3.63, 3.8) is 0 Å². The van der Waals surface area contributed by atoms with Crippen molar-refractivity contribution in [3.8, 4) is 0 Å². The lowest BCUT2D eigenvalue weighted by Gasteiger charge is -2.26. The van der Waals surface area contributed by atoms with Crippen molar-refractivity contribution in [3.05, 3.63) is 107 Å². The van der Waals surface area contributed by atoms with Crippen molar-refractivity contribution in [2.24, 2.45) is 23.3 Å². The number of aliphatic carboxylic acids is 4. The van der Waals surface area contributed by atoms with Crippen molar-refractivity contribution in [2.75, 3.05) is 10.6 Å². The Bertz CT molecular complexity index is 2290. The monoisotopic (exact) mass is 844 g/mol. The molecule has 0 spiro atoms. The van der Waals surface area contributed by atoms with Crippen LogP contribution in [0.15, 0.2) is 82.0 Å². The van der Waals surface area contributed by atoms with Crippen LogP contribution in [0.25, 0.3) is 21.8 Å². The highest BCUT2D eigenvalue weighted by atomic mass is 16.4. The number of anilines is 2. The fourth-order valence-corrected chi connectivity index (χ4v) is 7.29. The van der Waals surface area contributed by atoms with Crippen molar-refractivity contribution in [2.45, 2.75) is 64.5 Å². The fraction of sp³-hybridized carbons (Fsp3) is 0.286. The van der Waals surface area contributed by atoms with Crippen LogP contribution < -0.4 is 22.1 Å². The normalized spacial score (nSPS) is 17.2. The third kappa shape index (κ3) is 11.5. The van der Waals surface area contributed by atoms with Gasteiger partial charge >= 0.3 is 23.9 Å². The number of nitrogens with two attached hydrogens (primary N) is 2. The average Bonchev–Trinajstić information content (AvgIpc) is 4.06. The number of carboxylic acid groups (broad SMARTS) is 4. The first-order chi connectivity index (χ1) is 28.6. The zero-order valence-electron chi connectivity index (χ0n) is 33.2. The number of hydrogen-bond donors (Lipinski definition) is 10. The van der Waals surface area contributed by atoms with E-state index in [2.05, 4.69) is 34.4 Å². The number of carboxylic acids is 4.